The maximum absolute atomic E-state index is 3.59. The lowest BCUT2D eigenvalue weighted by Crippen LogP contribution is -2.03. The molecule has 1 aromatic rings. The highest BCUT2D eigenvalue weighted by Gasteiger charge is 1.88. The molecular formula is C10H13N. The fraction of sp³-hybridized carbons (Fsp3) is 0.200. The van der Waals surface area contributed by atoms with Crippen molar-refractivity contribution in [3.05, 3.63) is 48.2 Å². The smallest absolute Gasteiger partial charge is 0.0395 e. The van der Waals surface area contributed by atoms with Crippen molar-refractivity contribution >= 4 is 0 Å². The number of nitrogens with one attached hydrogen (secondary N) is 1. The fourth-order valence-electron chi connectivity index (χ4n) is 1.01. The first-order chi connectivity index (χ1) is 5.33. The Balaban J connectivity index is 2.63. The molecule has 0 amide bonds. The van der Waals surface area contributed by atoms with Gasteiger partial charge in [0.15, 0.2) is 0 Å². The van der Waals surface area contributed by atoms with E-state index in [0.717, 1.165) is 6.54 Å². The van der Waals surface area contributed by atoms with Crippen molar-refractivity contribution in [1.82, 2.24) is 5.32 Å². The molecule has 0 fully saturated rings. The number of rotatable bonds is 3. The van der Waals surface area contributed by atoms with Crippen LogP contribution in [0.5, 0.6) is 0 Å². The second-order valence-electron chi connectivity index (χ2n) is 2.57. The Morgan fingerprint density at radius 3 is 3.00 bits per heavy atom. The predicted octanol–water partition coefficient (Wildman–Crippen LogP) is 2.23. The summed E-state index contributed by atoms with van der Waals surface area (Å²) in [7, 11) is 0. The van der Waals surface area contributed by atoms with Gasteiger partial charge < -0.3 is 5.32 Å². The van der Waals surface area contributed by atoms with E-state index in [1.54, 1.807) is 6.20 Å². The van der Waals surface area contributed by atoms with Crippen LogP contribution >= 0.6 is 0 Å². The zero-order valence-corrected chi connectivity index (χ0v) is 6.80. The zero-order valence-electron chi connectivity index (χ0n) is 6.80. The minimum atomic E-state index is 0.866. The van der Waals surface area contributed by atoms with Gasteiger partial charge in [-0.25, -0.2) is 0 Å². The van der Waals surface area contributed by atoms with E-state index in [2.05, 4.69) is 43.1 Å². The monoisotopic (exact) mass is 147 g/mol. The molecule has 0 radical (unpaired) electrons. The molecule has 0 saturated carbocycles. The summed E-state index contributed by atoms with van der Waals surface area (Å²) in [6, 6.07) is 8.42. The van der Waals surface area contributed by atoms with Crippen LogP contribution in [0.2, 0.25) is 0 Å². The Kier molecular flexibility index (Phi) is 2.73. The highest BCUT2D eigenvalue weighted by Crippen LogP contribution is 2.02. The molecule has 0 aliphatic rings. The Bertz CT molecular complexity index is 240. The average Bonchev–Trinajstić information content (AvgIpc) is 2.01. The van der Waals surface area contributed by atoms with E-state index in [1.807, 2.05) is 0 Å². The van der Waals surface area contributed by atoms with Gasteiger partial charge >= 0.3 is 0 Å². The molecule has 0 bridgehead atoms. The van der Waals surface area contributed by atoms with Gasteiger partial charge in [0.2, 0.25) is 0 Å². The van der Waals surface area contributed by atoms with Crippen molar-refractivity contribution in [2.75, 3.05) is 0 Å². The molecule has 0 aromatic heterocycles. The molecule has 1 rings (SSSR count). The molecule has 11 heavy (non-hydrogen) atoms. The van der Waals surface area contributed by atoms with E-state index < -0.39 is 0 Å². The third kappa shape index (κ3) is 2.46. The van der Waals surface area contributed by atoms with E-state index >= 15 is 0 Å². The van der Waals surface area contributed by atoms with Crippen LogP contribution in [0.25, 0.3) is 0 Å². The molecule has 1 aromatic carbocycles. The Hall–Kier alpha value is -1.24. The quantitative estimate of drug-likeness (QED) is 0.691. The van der Waals surface area contributed by atoms with E-state index in [0.29, 0.717) is 0 Å². The summed E-state index contributed by atoms with van der Waals surface area (Å²) in [5.74, 6) is 0. The van der Waals surface area contributed by atoms with Crippen LogP contribution in [-0.4, -0.2) is 0 Å². The van der Waals surface area contributed by atoms with Crippen molar-refractivity contribution in [3.8, 4) is 0 Å². The molecule has 1 N–H and O–H groups in total. The molecule has 0 aliphatic heterocycles. The van der Waals surface area contributed by atoms with Crippen LogP contribution in [-0.2, 0) is 6.54 Å². The third-order valence-electron chi connectivity index (χ3n) is 1.53. The molecule has 1 nitrogen and oxygen atoms in total. The van der Waals surface area contributed by atoms with Gasteiger partial charge in [0.05, 0.1) is 0 Å². The van der Waals surface area contributed by atoms with E-state index in [1.165, 1.54) is 11.1 Å². The summed E-state index contributed by atoms with van der Waals surface area (Å²) in [5.41, 5.74) is 2.60. The van der Waals surface area contributed by atoms with Crippen molar-refractivity contribution < 1.29 is 0 Å². The first kappa shape index (κ1) is 7.86. The minimum absolute atomic E-state index is 0.866. The summed E-state index contributed by atoms with van der Waals surface area (Å²) < 4.78 is 0. The lowest BCUT2D eigenvalue weighted by molar-refractivity contribution is 0.871. The van der Waals surface area contributed by atoms with Crippen LogP contribution < -0.4 is 5.32 Å². The van der Waals surface area contributed by atoms with Crippen molar-refractivity contribution in [2.45, 2.75) is 13.5 Å². The molecule has 1 heteroatoms. The molecule has 0 atom stereocenters. The molecule has 0 aliphatic carbocycles. The second kappa shape index (κ2) is 3.81. The number of hydrogen-bond acceptors (Lipinski definition) is 1. The summed E-state index contributed by atoms with van der Waals surface area (Å²) in [6.07, 6.45) is 1.71. The number of aryl methyl sites for hydroxylation is 1. The van der Waals surface area contributed by atoms with Crippen LogP contribution in [0.3, 0.4) is 0 Å². The molecule has 0 saturated heterocycles. The summed E-state index contributed by atoms with van der Waals surface area (Å²) in [5, 5.41) is 3.06. The highest BCUT2D eigenvalue weighted by atomic mass is 14.8. The van der Waals surface area contributed by atoms with E-state index in [9.17, 15) is 0 Å². The standard InChI is InChI=1S/C10H13N/c1-3-11-8-10-6-4-5-9(2)7-10/h3-7,11H,1,8H2,2H3. The molecule has 0 heterocycles. The Morgan fingerprint density at radius 1 is 1.55 bits per heavy atom. The Labute approximate surface area is 67.8 Å². The van der Waals surface area contributed by atoms with Gasteiger partial charge in [-0.3, -0.25) is 0 Å². The maximum atomic E-state index is 3.59. The van der Waals surface area contributed by atoms with Gasteiger partial charge in [0, 0.05) is 6.54 Å². The van der Waals surface area contributed by atoms with Gasteiger partial charge in [-0.1, -0.05) is 36.4 Å². The van der Waals surface area contributed by atoms with E-state index in [4.69, 9.17) is 0 Å². The van der Waals surface area contributed by atoms with Gasteiger partial charge in [0.25, 0.3) is 0 Å². The number of benzene rings is 1. The predicted molar refractivity (Wildman–Crippen MR) is 48.2 cm³/mol. The van der Waals surface area contributed by atoms with E-state index in [-0.39, 0.29) is 0 Å². The lowest BCUT2D eigenvalue weighted by atomic mass is 10.1. The molecule has 0 spiro atoms. The Morgan fingerprint density at radius 2 is 2.36 bits per heavy atom. The third-order valence-corrected chi connectivity index (χ3v) is 1.53. The normalized spacial score (nSPS) is 9.18. The topological polar surface area (TPSA) is 12.0 Å². The lowest BCUT2D eigenvalue weighted by Gasteiger charge is -2.01. The van der Waals surface area contributed by atoms with Gasteiger partial charge in [0.1, 0.15) is 0 Å². The van der Waals surface area contributed by atoms with Gasteiger partial charge in [-0.05, 0) is 18.7 Å². The fourth-order valence-corrected chi connectivity index (χ4v) is 1.01. The number of hydrogen-bond donors (Lipinski definition) is 1. The zero-order chi connectivity index (χ0) is 8.10. The second-order valence-corrected chi connectivity index (χ2v) is 2.57. The first-order valence-electron chi connectivity index (χ1n) is 3.73. The summed E-state index contributed by atoms with van der Waals surface area (Å²) in [6.45, 7) is 6.55. The van der Waals surface area contributed by atoms with Crippen LogP contribution in [0.15, 0.2) is 37.0 Å². The van der Waals surface area contributed by atoms with Crippen molar-refractivity contribution in [1.29, 1.82) is 0 Å². The molecule has 0 unspecified atom stereocenters. The SMILES string of the molecule is C=CNCc1cccc(C)c1. The van der Waals surface area contributed by atoms with Crippen LogP contribution in [0.1, 0.15) is 11.1 Å². The van der Waals surface area contributed by atoms with Crippen LogP contribution in [0.4, 0.5) is 0 Å². The minimum Gasteiger partial charge on any atom is -0.387 e. The summed E-state index contributed by atoms with van der Waals surface area (Å²) in [4.78, 5) is 0. The van der Waals surface area contributed by atoms with Crippen LogP contribution in [0, 0.1) is 6.92 Å². The van der Waals surface area contributed by atoms with Gasteiger partial charge in [-0.2, -0.15) is 0 Å². The largest absolute Gasteiger partial charge is 0.387 e. The maximum Gasteiger partial charge on any atom is 0.0395 e. The molecule has 58 valence electrons. The average molecular weight is 147 g/mol. The van der Waals surface area contributed by atoms with Gasteiger partial charge in [-0.15, -0.1) is 0 Å². The first-order valence-corrected chi connectivity index (χ1v) is 3.73. The van der Waals surface area contributed by atoms with Crippen molar-refractivity contribution in [2.24, 2.45) is 0 Å². The molecular weight excluding hydrogens is 134 g/mol. The summed E-state index contributed by atoms with van der Waals surface area (Å²) >= 11 is 0. The van der Waals surface area contributed by atoms with Crippen molar-refractivity contribution in [3.63, 3.8) is 0 Å². The highest BCUT2D eigenvalue weighted by molar-refractivity contribution is 5.22.